The van der Waals surface area contributed by atoms with Gasteiger partial charge in [0.15, 0.2) is 0 Å². The van der Waals surface area contributed by atoms with E-state index < -0.39 is 0 Å². The molecule has 24 heavy (non-hydrogen) atoms. The van der Waals surface area contributed by atoms with Crippen molar-refractivity contribution >= 4 is 38.7 Å². The first-order valence-electron chi connectivity index (χ1n) is 8.10. The highest BCUT2D eigenvalue weighted by atomic mass is 16.2. The molecule has 1 aliphatic heterocycles. The predicted octanol–water partition coefficient (Wildman–Crippen LogP) is 5.38. The molecule has 0 fully saturated rings. The fraction of sp³-hybridized carbons (Fsp3) is 0.0455. The third-order valence-corrected chi connectivity index (χ3v) is 4.93. The zero-order chi connectivity index (χ0) is 16.3. The Kier molecular flexibility index (Phi) is 2.60. The number of rotatable bonds is 1. The number of carbonyl (C=O) groups is 1. The number of benzene rings is 3. The summed E-state index contributed by atoms with van der Waals surface area (Å²) in [7, 11) is 0. The molecule has 0 N–H and O–H groups in total. The maximum Gasteiger partial charge on any atom is 0.263 e. The van der Waals surface area contributed by atoms with Crippen LogP contribution in [0.3, 0.4) is 0 Å². The smallest absolute Gasteiger partial charge is 0.263 e. The van der Waals surface area contributed by atoms with Gasteiger partial charge in [0.05, 0.1) is 16.8 Å². The summed E-state index contributed by atoms with van der Waals surface area (Å²) >= 11 is 0. The molecule has 1 aromatic heterocycles. The molecule has 2 heteroatoms. The van der Waals surface area contributed by atoms with Crippen molar-refractivity contribution in [3.63, 3.8) is 0 Å². The van der Waals surface area contributed by atoms with Crippen LogP contribution >= 0.6 is 0 Å². The molecule has 3 aromatic carbocycles. The van der Waals surface area contributed by atoms with Crippen LogP contribution in [0.5, 0.6) is 0 Å². The Hall–Kier alpha value is -3.13. The summed E-state index contributed by atoms with van der Waals surface area (Å²) in [6, 6.07) is 24.6. The fourth-order valence-corrected chi connectivity index (χ4v) is 3.73. The highest BCUT2D eigenvalue weighted by Gasteiger charge is 2.29. The molecule has 2 nitrogen and oxygen atoms in total. The van der Waals surface area contributed by atoms with Crippen LogP contribution < -0.4 is 0 Å². The zero-order valence-corrected chi connectivity index (χ0v) is 13.3. The number of carbonyl (C=O) groups excluding carboxylic acids is 1. The van der Waals surface area contributed by atoms with Crippen molar-refractivity contribution in [3.8, 4) is 0 Å². The minimum atomic E-state index is 0.0685. The monoisotopic (exact) mass is 309 g/mol. The summed E-state index contributed by atoms with van der Waals surface area (Å²) < 4.78 is 1.84. The average molecular weight is 309 g/mol. The van der Waals surface area contributed by atoms with E-state index >= 15 is 0 Å². The maximum atomic E-state index is 13.1. The summed E-state index contributed by atoms with van der Waals surface area (Å²) in [5.41, 5.74) is 4.83. The lowest BCUT2D eigenvalue weighted by atomic mass is 9.97. The molecular weight excluding hydrogens is 294 g/mol. The van der Waals surface area contributed by atoms with Crippen LogP contribution in [0.2, 0.25) is 0 Å². The highest BCUT2D eigenvalue weighted by molar-refractivity contribution is 6.33. The fourth-order valence-electron chi connectivity index (χ4n) is 3.73. The molecule has 0 bridgehead atoms. The van der Waals surface area contributed by atoms with Crippen molar-refractivity contribution in [2.24, 2.45) is 0 Å². The largest absolute Gasteiger partial charge is 0.276 e. The zero-order valence-electron chi connectivity index (χ0n) is 13.3. The SMILES string of the molecule is CC1=C(c2ccc3ccccc3c2)C(=O)n2c1cc1ccccc12. The van der Waals surface area contributed by atoms with Gasteiger partial charge in [-0.25, -0.2) is 0 Å². The number of hydrogen-bond donors (Lipinski definition) is 0. The van der Waals surface area contributed by atoms with E-state index in [-0.39, 0.29) is 5.91 Å². The van der Waals surface area contributed by atoms with Crippen molar-refractivity contribution in [1.82, 2.24) is 4.57 Å². The first kappa shape index (κ1) is 13.3. The molecule has 0 saturated carbocycles. The van der Waals surface area contributed by atoms with E-state index in [2.05, 4.69) is 36.4 Å². The number of para-hydroxylation sites is 1. The van der Waals surface area contributed by atoms with Crippen LogP contribution in [-0.2, 0) is 0 Å². The van der Waals surface area contributed by atoms with Gasteiger partial charge in [-0.15, -0.1) is 0 Å². The van der Waals surface area contributed by atoms with Crippen molar-refractivity contribution in [1.29, 1.82) is 0 Å². The van der Waals surface area contributed by atoms with Crippen LogP contribution in [0, 0.1) is 0 Å². The number of nitrogens with zero attached hydrogens (tertiary/aromatic N) is 1. The van der Waals surface area contributed by atoms with Gasteiger partial charge in [0, 0.05) is 5.39 Å². The van der Waals surface area contributed by atoms with E-state index in [0.717, 1.165) is 38.7 Å². The van der Waals surface area contributed by atoms with Crippen LogP contribution in [0.4, 0.5) is 0 Å². The summed E-state index contributed by atoms with van der Waals surface area (Å²) in [6.45, 7) is 2.04. The molecule has 0 radical (unpaired) electrons. The second kappa shape index (κ2) is 4.68. The van der Waals surface area contributed by atoms with Gasteiger partial charge in [-0.1, -0.05) is 54.6 Å². The van der Waals surface area contributed by atoms with Gasteiger partial charge in [0.1, 0.15) is 0 Å². The van der Waals surface area contributed by atoms with Crippen LogP contribution in [0.25, 0.3) is 32.8 Å². The van der Waals surface area contributed by atoms with Gasteiger partial charge in [-0.2, -0.15) is 0 Å². The van der Waals surface area contributed by atoms with Gasteiger partial charge >= 0.3 is 0 Å². The lowest BCUT2D eigenvalue weighted by Crippen LogP contribution is -2.07. The van der Waals surface area contributed by atoms with Crippen molar-refractivity contribution in [2.45, 2.75) is 6.92 Å². The third-order valence-electron chi connectivity index (χ3n) is 4.93. The average Bonchev–Trinajstić information content (AvgIpc) is 3.11. The first-order chi connectivity index (χ1) is 11.7. The van der Waals surface area contributed by atoms with Gasteiger partial charge in [-0.05, 0) is 47.0 Å². The van der Waals surface area contributed by atoms with Gasteiger partial charge < -0.3 is 0 Å². The normalized spacial score (nSPS) is 14.0. The van der Waals surface area contributed by atoms with Crippen molar-refractivity contribution in [3.05, 3.63) is 84.1 Å². The van der Waals surface area contributed by atoms with E-state index in [9.17, 15) is 4.79 Å². The van der Waals surface area contributed by atoms with E-state index in [4.69, 9.17) is 0 Å². The Morgan fingerprint density at radius 3 is 2.29 bits per heavy atom. The molecule has 1 aliphatic rings. The first-order valence-corrected chi connectivity index (χ1v) is 8.10. The quantitative estimate of drug-likeness (QED) is 0.463. The second-order valence-electron chi connectivity index (χ2n) is 6.29. The molecular formula is C22H15NO. The summed E-state index contributed by atoms with van der Waals surface area (Å²) in [5, 5.41) is 3.46. The molecule has 4 aromatic rings. The molecule has 0 saturated heterocycles. The third kappa shape index (κ3) is 1.68. The Bertz CT molecular complexity index is 1180. The van der Waals surface area contributed by atoms with Crippen molar-refractivity contribution in [2.75, 3.05) is 0 Å². The minimum absolute atomic E-state index is 0.0685. The number of hydrogen-bond acceptors (Lipinski definition) is 1. The molecule has 0 atom stereocenters. The minimum Gasteiger partial charge on any atom is -0.276 e. The molecule has 2 heterocycles. The van der Waals surface area contributed by atoms with Crippen LogP contribution in [-0.4, -0.2) is 10.5 Å². The lowest BCUT2D eigenvalue weighted by Gasteiger charge is -2.06. The molecule has 114 valence electrons. The topological polar surface area (TPSA) is 22.0 Å². The predicted molar refractivity (Wildman–Crippen MR) is 99.0 cm³/mol. The standard InChI is InChI=1S/C22H15NO/c1-14-20-13-17-8-4-5-9-19(17)23(20)22(24)21(14)18-11-10-15-6-2-3-7-16(15)12-18/h2-13H,1H3. The summed E-state index contributed by atoms with van der Waals surface area (Å²) in [4.78, 5) is 13.1. The van der Waals surface area contributed by atoms with Crippen LogP contribution in [0.15, 0.2) is 72.8 Å². The molecule has 5 rings (SSSR count). The molecule has 0 unspecified atom stereocenters. The Morgan fingerprint density at radius 2 is 1.46 bits per heavy atom. The lowest BCUT2D eigenvalue weighted by molar-refractivity contribution is 0.0989. The number of allylic oxidation sites excluding steroid dienone is 2. The Balaban J connectivity index is 1.75. The van der Waals surface area contributed by atoms with Gasteiger partial charge in [0.25, 0.3) is 5.91 Å². The second-order valence-corrected chi connectivity index (χ2v) is 6.29. The van der Waals surface area contributed by atoms with Gasteiger partial charge in [0.2, 0.25) is 0 Å². The summed E-state index contributed by atoms with van der Waals surface area (Å²) in [5.74, 6) is 0.0685. The molecule has 0 spiro atoms. The van der Waals surface area contributed by atoms with E-state index in [1.54, 1.807) is 0 Å². The summed E-state index contributed by atoms with van der Waals surface area (Å²) in [6.07, 6.45) is 0. The van der Waals surface area contributed by atoms with E-state index in [0.29, 0.717) is 0 Å². The van der Waals surface area contributed by atoms with E-state index in [1.165, 1.54) is 5.39 Å². The molecule has 0 amide bonds. The van der Waals surface area contributed by atoms with Crippen LogP contribution in [0.1, 0.15) is 23.0 Å². The Morgan fingerprint density at radius 1 is 0.750 bits per heavy atom. The maximum absolute atomic E-state index is 13.1. The number of aromatic nitrogens is 1. The Labute approximate surface area is 139 Å². The van der Waals surface area contributed by atoms with E-state index in [1.807, 2.05) is 47.9 Å². The van der Waals surface area contributed by atoms with Crippen molar-refractivity contribution < 1.29 is 4.79 Å². The molecule has 0 aliphatic carbocycles. The highest BCUT2D eigenvalue weighted by Crippen LogP contribution is 2.38. The van der Waals surface area contributed by atoms with Gasteiger partial charge in [-0.3, -0.25) is 9.36 Å². The number of fused-ring (bicyclic) bond motifs is 4.